The predicted molar refractivity (Wildman–Crippen MR) is 72.6 cm³/mol. The fourth-order valence-electron chi connectivity index (χ4n) is 2.38. The van der Waals surface area contributed by atoms with Crippen LogP contribution >= 0.6 is 0 Å². The van der Waals surface area contributed by atoms with E-state index in [1.165, 1.54) is 0 Å². The molecule has 1 aliphatic heterocycles. The molecule has 0 fully saturated rings. The number of urea groups is 1. The van der Waals surface area contributed by atoms with Gasteiger partial charge in [0.05, 0.1) is 0 Å². The monoisotopic (exact) mass is 245 g/mol. The molecule has 2 amide bonds. The lowest BCUT2D eigenvalue weighted by molar-refractivity contribution is 0.178. The second-order valence-corrected chi connectivity index (χ2v) is 4.87. The van der Waals surface area contributed by atoms with E-state index < -0.39 is 5.54 Å². The summed E-state index contributed by atoms with van der Waals surface area (Å²) >= 11 is 0. The molecule has 4 heteroatoms. The second-order valence-electron chi connectivity index (χ2n) is 4.87. The number of carbonyl (C=O) groups is 1. The highest BCUT2D eigenvalue weighted by Crippen LogP contribution is 2.27. The van der Waals surface area contributed by atoms with Crippen molar-refractivity contribution in [3.05, 3.63) is 35.9 Å². The first-order valence-electron chi connectivity index (χ1n) is 6.28. The number of carbonyl (C=O) groups excluding carboxylic acids is 1. The van der Waals surface area contributed by atoms with Gasteiger partial charge in [-0.2, -0.15) is 4.99 Å². The molecule has 0 aromatic heterocycles. The van der Waals surface area contributed by atoms with Gasteiger partial charge in [-0.15, -0.1) is 0 Å². The molecule has 1 heterocycles. The molecule has 0 saturated heterocycles. The average Bonchev–Trinajstić information content (AvgIpc) is 2.55. The van der Waals surface area contributed by atoms with Crippen LogP contribution in [0.3, 0.4) is 0 Å². The summed E-state index contributed by atoms with van der Waals surface area (Å²) < 4.78 is 0. The van der Waals surface area contributed by atoms with Crippen LogP contribution in [0.15, 0.2) is 35.3 Å². The highest BCUT2D eigenvalue weighted by molar-refractivity contribution is 6.05. The molecule has 96 valence electrons. The van der Waals surface area contributed by atoms with Crippen molar-refractivity contribution in [2.24, 2.45) is 10.7 Å². The van der Waals surface area contributed by atoms with E-state index >= 15 is 0 Å². The van der Waals surface area contributed by atoms with Crippen LogP contribution in [0.5, 0.6) is 0 Å². The summed E-state index contributed by atoms with van der Waals surface area (Å²) in [6.45, 7) is 4.72. The highest BCUT2D eigenvalue weighted by atomic mass is 16.2. The molecular formula is C14H19N3O. The summed E-state index contributed by atoms with van der Waals surface area (Å²) in [5, 5.41) is 0. The van der Waals surface area contributed by atoms with Gasteiger partial charge in [-0.05, 0) is 18.9 Å². The van der Waals surface area contributed by atoms with Gasteiger partial charge in [-0.25, -0.2) is 4.79 Å². The van der Waals surface area contributed by atoms with E-state index in [4.69, 9.17) is 5.73 Å². The van der Waals surface area contributed by atoms with E-state index in [0.29, 0.717) is 18.8 Å². The molecule has 1 atom stereocenters. The van der Waals surface area contributed by atoms with Crippen molar-refractivity contribution in [2.45, 2.75) is 32.2 Å². The number of amidine groups is 1. The van der Waals surface area contributed by atoms with E-state index in [1.54, 1.807) is 4.90 Å². The number of benzene rings is 1. The minimum absolute atomic E-state index is 0.215. The van der Waals surface area contributed by atoms with Crippen LogP contribution in [0.25, 0.3) is 0 Å². The lowest BCUT2D eigenvalue weighted by atomic mass is 9.90. The first kappa shape index (κ1) is 12.6. The molecule has 0 saturated carbocycles. The van der Waals surface area contributed by atoms with Crippen molar-refractivity contribution in [2.75, 3.05) is 6.54 Å². The Labute approximate surface area is 108 Å². The zero-order valence-electron chi connectivity index (χ0n) is 10.9. The van der Waals surface area contributed by atoms with Crippen molar-refractivity contribution < 1.29 is 4.79 Å². The fraction of sp³-hybridized carbons (Fsp3) is 0.429. The summed E-state index contributed by atoms with van der Waals surface area (Å²) in [6, 6.07) is 9.84. The molecule has 1 aromatic carbocycles. The minimum atomic E-state index is -0.492. The smallest absolute Gasteiger partial charge is 0.346 e. The average molecular weight is 245 g/mol. The van der Waals surface area contributed by atoms with E-state index in [1.807, 2.05) is 44.2 Å². The SMILES string of the molecule is CCCN1C(=O)N=C(N)C1(C)Cc1ccccc1. The van der Waals surface area contributed by atoms with Crippen LogP contribution in [-0.2, 0) is 6.42 Å². The van der Waals surface area contributed by atoms with Crippen molar-refractivity contribution in [1.29, 1.82) is 0 Å². The van der Waals surface area contributed by atoms with Crippen LogP contribution in [0.1, 0.15) is 25.8 Å². The molecule has 0 bridgehead atoms. The maximum atomic E-state index is 11.8. The number of nitrogens with two attached hydrogens (primary N) is 1. The molecule has 2 N–H and O–H groups in total. The van der Waals surface area contributed by atoms with Gasteiger partial charge in [-0.1, -0.05) is 37.3 Å². The van der Waals surface area contributed by atoms with Crippen molar-refractivity contribution in [1.82, 2.24) is 4.90 Å². The van der Waals surface area contributed by atoms with Crippen LogP contribution < -0.4 is 5.73 Å². The normalized spacial score (nSPS) is 23.3. The molecule has 1 aliphatic rings. The Morgan fingerprint density at radius 1 is 1.33 bits per heavy atom. The summed E-state index contributed by atoms with van der Waals surface area (Å²) in [5.74, 6) is 0.421. The first-order valence-corrected chi connectivity index (χ1v) is 6.28. The maximum Gasteiger partial charge on any atom is 0.346 e. The van der Waals surface area contributed by atoms with Gasteiger partial charge in [0.2, 0.25) is 0 Å². The standard InChI is InChI=1S/C14H19N3O/c1-3-9-17-13(18)16-12(15)14(17,2)10-11-7-5-4-6-8-11/h4-8H,3,9-10H2,1-2H3,(H2,15,16,18). The molecule has 0 radical (unpaired) electrons. The lowest BCUT2D eigenvalue weighted by Gasteiger charge is -2.34. The Hall–Kier alpha value is -1.84. The first-order chi connectivity index (χ1) is 8.58. The summed E-state index contributed by atoms with van der Waals surface area (Å²) in [7, 11) is 0. The Bertz CT molecular complexity index is 469. The molecule has 0 aliphatic carbocycles. The van der Waals surface area contributed by atoms with Crippen molar-refractivity contribution in [3.8, 4) is 0 Å². The number of amides is 2. The number of nitrogens with zero attached hydrogens (tertiary/aromatic N) is 2. The Morgan fingerprint density at radius 3 is 2.61 bits per heavy atom. The van der Waals surface area contributed by atoms with Crippen LogP contribution in [0, 0.1) is 0 Å². The van der Waals surface area contributed by atoms with E-state index in [9.17, 15) is 4.79 Å². The Kier molecular flexibility index (Phi) is 3.36. The van der Waals surface area contributed by atoms with Gasteiger partial charge in [-0.3, -0.25) is 0 Å². The van der Waals surface area contributed by atoms with Gasteiger partial charge < -0.3 is 10.6 Å². The second kappa shape index (κ2) is 4.80. The largest absolute Gasteiger partial charge is 0.385 e. The van der Waals surface area contributed by atoms with Crippen LogP contribution in [0.2, 0.25) is 0 Å². The van der Waals surface area contributed by atoms with E-state index in [2.05, 4.69) is 4.99 Å². The van der Waals surface area contributed by atoms with Crippen molar-refractivity contribution >= 4 is 11.9 Å². The van der Waals surface area contributed by atoms with Gasteiger partial charge in [0, 0.05) is 13.0 Å². The molecule has 4 nitrogen and oxygen atoms in total. The topological polar surface area (TPSA) is 58.7 Å². The van der Waals surface area contributed by atoms with Crippen LogP contribution in [-0.4, -0.2) is 28.9 Å². The third-order valence-corrected chi connectivity index (χ3v) is 3.43. The summed E-state index contributed by atoms with van der Waals surface area (Å²) in [5.41, 5.74) is 6.63. The summed E-state index contributed by atoms with van der Waals surface area (Å²) in [4.78, 5) is 17.5. The highest BCUT2D eigenvalue weighted by Gasteiger charge is 2.43. The maximum absolute atomic E-state index is 11.8. The minimum Gasteiger partial charge on any atom is -0.385 e. The Morgan fingerprint density at radius 2 is 2.00 bits per heavy atom. The lowest BCUT2D eigenvalue weighted by Crippen LogP contribution is -2.53. The van der Waals surface area contributed by atoms with Crippen molar-refractivity contribution in [3.63, 3.8) is 0 Å². The predicted octanol–water partition coefficient (Wildman–Crippen LogP) is 2.19. The van der Waals surface area contributed by atoms with Gasteiger partial charge in [0.25, 0.3) is 0 Å². The number of rotatable bonds is 4. The number of hydrogen-bond donors (Lipinski definition) is 1. The molecule has 0 spiro atoms. The van der Waals surface area contributed by atoms with Gasteiger partial charge in [0.1, 0.15) is 11.4 Å². The molecule has 2 rings (SSSR count). The fourth-order valence-corrected chi connectivity index (χ4v) is 2.38. The zero-order valence-corrected chi connectivity index (χ0v) is 10.9. The molecule has 18 heavy (non-hydrogen) atoms. The quantitative estimate of drug-likeness (QED) is 0.884. The van der Waals surface area contributed by atoms with Gasteiger partial charge in [0.15, 0.2) is 0 Å². The van der Waals surface area contributed by atoms with E-state index in [0.717, 1.165) is 12.0 Å². The Balaban J connectivity index is 2.27. The molecular weight excluding hydrogens is 226 g/mol. The number of aliphatic imine (C=N–C) groups is 1. The third kappa shape index (κ3) is 2.10. The zero-order chi connectivity index (χ0) is 13.2. The summed E-state index contributed by atoms with van der Waals surface area (Å²) in [6.07, 6.45) is 1.60. The molecule has 1 unspecified atom stereocenters. The van der Waals surface area contributed by atoms with Gasteiger partial charge >= 0.3 is 6.03 Å². The van der Waals surface area contributed by atoms with E-state index in [-0.39, 0.29) is 6.03 Å². The number of hydrogen-bond acceptors (Lipinski definition) is 2. The van der Waals surface area contributed by atoms with Crippen LogP contribution in [0.4, 0.5) is 4.79 Å². The molecule has 1 aromatic rings. The third-order valence-electron chi connectivity index (χ3n) is 3.43.